The Morgan fingerprint density at radius 3 is 2.60 bits per heavy atom. The number of Topliss-reactive ketones (excluding diaryl/α,β-unsaturated/α-hetero) is 1. The largest absolute Gasteiger partial charge is 0.455 e. The van der Waals surface area contributed by atoms with Crippen LogP contribution in [0.3, 0.4) is 0 Å². The van der Waals surface area contributed by atoms with Gasteiger partial charge in [-0.2, -0.15) is 0 Å². The van der Waals surface area contributed by atoms with Gasteiger partial charge in [0, 0.05) is 18.4 Å². The third-order valence-corrected chi connectivity index (χ3v) is 3.27. The number of esters is 1. The number of hydrogen-bond donors (Lipinski definition) is 1. The molecule has 15 heavy (non-hydrogen) atoms. The van der Waals surface area contributed by atoms with Crippen LogP contribution in [0.15, 0.2) is 12.2 Å². The van der Waals surface area contributed by atoms with Gasteiger partial charge < -0.3 is 9.84 Å². The van der Waals surface area contributed by atoms with Gasteiger partial charge in [0.1, 0.15) is 11.2 Å². The van der Waals surface area contributed by atoms with Gasteiger partial charge in [-0.1, -0.05) is 6.58 Å². The lowest BCUT2D eigenvalue weighted by molar-refractivity contribution is -0.154. The molecule has 2 fully saturated rings. The average molecular weight is 210 g/mol. The Bertz CT molecular complexity index is 360. The van der Waals surface area contributed by atoms with Crippen molar-refractivity contribution in [3.8, 4) is 0 Å². The highest BCUT2D eigenvalue weighted by Crippen LogP contribution is 2.50. The number of carbonyl (C=O) groups is 2. The van der Waals surface area contributed by atoms with Gasteiger partial charge >= 0.3 is 5.97 Å². The van der Waals surface area contributed by atoms with Crippen LogP contribution >= 0.6 is 0 Å². The number of fused-ring (bicyclic) bond motifs is 2. The first-order valence-electron chi connectivity index (χ1n) is 5.01. The molecule has 0 aliphatic heterocycles. The molecule has 1 N–H and O–H groups in total. The molecule has 2 aliphatic rings. The second-order valence-electron chi connectivity index (χ2n) is 4.66. The minimum absolute atomic E-state index is 0.141. The summed E-state index contributed by atoms with van der Waals surface area (Å²) in [6.07, 6.45) is 1.35. The summed E-state index contributed by atoms with van der Waals surface area (Å²) in [6.45, 7) is 5.06. The summed E-state index contributed by atoms with van der Waals surface area (Å²) in [5, 5.41) is 9.86. The summed E-state index contributed by atoms with van der Waals surface area (Å²) in [7, 11) is 0. The second-order valence-corrected chi connectivity index (χ2v) is 4.66. The quantitative estimate of drug-likeness (QED) is 0.539. The molecular formula is C11H14O4. The van der Waals surface area contributed by atoms with Gasteiger partial charge in [0.05, 0.1) is 0 Å². The monoisotopic (exact) mass is 210 g/mol. The normalized spacial score (nSPS) is 38.1. The van der Waals surface area contributed by atoms with Gasteiger partial charge in [-0.25, -0.2) is 4.79 Å². The van der Waals surface area contributed by atoms with Gasteiger partial charge in [-0.15, -0.1) is 0 Å². The summed E-state index contributed by atoms with van der Waals surface area (Å²) in [5.74, 6) is -0.683. The molecule has 0 aromatic carbocycles. The fraction of sp³-hybridized carbons (Fsp3) is 0.636. The number of ether oxygens (including phenoxy) is 1. The first-order valence-corrected chi connectivity index (χ1v) is 5.01. The van der Waals surface area contributed by atoms with Crippen LogP contribution in [0.1, 0.15) is 32.6 Å². The molecule has 2 aliphatic carbocycles. The van der Waals surface area contributed by atoms with Crippen LogP contribution in [0.25, 0.3) is 0 Å². The molecule has 0 aromatic heterocycles. The van der Waals surface area contributed by atoms with Crippen molar-refractivity contribution in [3.63, 3.8) is 0 Å². The Morgan fingerprint density at radius 1 is 1.53 bits per heavy atom. The number of hydrogen-bond acceptors (Lipinski definition) is 4. The zero-order valence-corrected chi connectivity index (χ0v) is 8.71. The van der Waals surface area contributed by atoms with E-state index in [4.69, 9.17) is 4.74 Å². The van der Waals surface area contributed by atoms with Crippen molar-refractivity contribution in [1.29, 1.82) is 0 Å². The fourth-order valence-electron chi connectivity index (χ4n) is 2.40. The maximum Gasteiger partial charge on any atom is 0.333 e. The van der Waals surface area contributed by atoms with E-state index < -0.39 is 17.2 Å². The van der Waals surface area contributed by atoms with E-state index in [-0.39, 0.29) is 18.6 Å². The minimum Gasteiger partial charge on any atom is -0.455 e. The van der Waals surface area contributed by atoms with Crippen molar-refractivity contribution in [1.82, 2.24) is 0 Å². The van der Waals surface area contributed by atoms with E-state index in [2.05, 4.69) is 6.58 Å². The van der Waals surface area contributed by atoms with Crippen molar-refractivity contribution >= 4 is 11.8 Å². The third kappa shape index (κ3) is 1.49. The molecule has 2 unspecified atom stereocenters. The lowest BCUT2D eigenvalue weighted by atomic mass is 9.94. The SMILES string of the molecule is C=C(C)C(=O)OC12CCC(O)(C1)C(=O)C2. The van der Waals surface area contributed by atoms with Gasteiger partial charge in [0.2, 0.25) is 0 Å². The van der Waals surface area contributed by atoms with Gasteiger partial charge in [0.25, 0.3) is 0 Å². The number of rotatable bonds is 2. The number of aliphatic hydroxyl groups is 1. The van der Waals surface area contributed by atoms with E-state index in [0.29, 0.717) is 18.4 Å². The molecule has 0 radical (unpaired) electrons. The summed E-state index contributed by atoms with van der Waals surface area (Å²) in [4.78, 5) is 22.8. The standard InChI is InChI=1S/C11H14O4/c1-7(2)9(13)15-10-3-4-11(14,6-10)8(12)5-10/h14H,1,3-6H2,2H3. The lowest BCUT2D eigenvalue weighted by Crippen LogP contribution is -2.34. The van der Waals surface area contributed by atoms with Crippen LogP contribution < -0.4 is 0 Å². The Hall–Kier alpha value is -1.16. The van der Waals surface area contributed by atoms with E-state index in [1.807, 2.05) is 0 Å². The molecule has 2 bridgehead atoms. The van der Waals surface area contributed by atoms with Crippen LogP contribution in [-0.2, 0) is 14.3 Å². The highest BCUT2D eigenvalue weighted by atomic mass is 16.6. The first-order chi connectivity index (χ1) is 6.87. The smallest absolute Gasteiger partial charge is 0.333 e. The zero-order chi connectivity index (χ0) is 11.3. The van der Waals surface area contributed by atoms with Crippen LogP contribution in [0, 0.1) is 0 Å². The van der Waals surface area contributed by atoms with Crippen molar-refractivity contribution < 1.29 is 19.4 Å². The Labute approximate surface area is 87.9 Å². The van der Waals surface area contributed by atoms with Crippen LogP contribution in [0.5, 0.6) is 0 Å². The van der Waals surface area contributed by atoms with Crippen molar-refractivity contribution in [2.45, 2.75) is 43.8 Å². The van der Waals surface area contributed by atoms with E-state index in [0.717, 1.165) is 0 Å². The second kappa shape index (κ2) is 2.92. The third-order valence-electron chi connectivity index (χ3n) is 3.27. The van der Waals surface area contributed by atoms with Crippen molar-refractivity contribution in [3.05, 3.63) is 12.2 Å². The Kier molecular flexibility index (Phi) is 2.01. The molecule has 0 heterocycles. The predicted molar refractivity (Wildman–Crippen MR) is 52.1 cm³/mol. The summed E-state index contributed by atoms with van der Waals surface area (Å²) in [5.41, 5.74) is -1.68. The van der Waals surface area contributed by atoms with Crippen LogP contribution in [0.2, 0.25) is 0 Å². The summed E-state index contributed by atoms with van der Waals surface area (Å²) < 4.78 is 5.27. The molecule has 0 saturated heterocycles. The minimum atomic E-state index is -1.24. The van der Waals surface area contributed by atoms with Crippen molar-refractivity contribution in [2.75, 3.05) is 0 Å². The fourth-order valence-corrected chi connectivity index (χ4v) is 2.40. The number of carbonyl (C=O) groups excluding carboxylic acids is 2. The Balaban J connectivity index is 2.15. The molecule has 0 aromatic rings. The molecule has 2 atom stereocenters. The van der Waals surface area contributed by atoms with E-state index in [9.17, 15) is 14.7 Å². The lowest BCUT2D eigenvalue weighted by Gasteiger charge is -2.25. The zero-order valence-electron chi connectivity index (χ0n) is 8.71. The molecule has 82 valence electrons. The molecular weight excluding hydrogens is 196 g/mol. The molecule has 2 saturated carbocycles. The van der Waals surface area contributed by atoms with Gasteiger partial charge in [0.15, 0.2) is 5.78 Å². The molecule has 2 rings (SSSR count). The van der Waals surface area contributed by atoms with E-state index in [1.165, 1.54) is 0 Å². The molecule has 0 spiro atoms. The maximum absolute atomic E-state index is 11.5. The highest BCUT2D eigenvalue weighted by molar-refractivity contribution is 5.93. The number of ketones is 1. The van der Waals surface area contributed by atoms with Crippen LogP contribution in [0.4, 0.5) is 0 Å². The molecule has 4 heteroatoms. The average Bonchev–Trinajstić information content (AvgIpc) is 2.55. The van der Waals surface area contributed by atoms with E-state index in [1.54, 1.807) is 6.92 Å². The first kappa shape index (κ1) is 10.4. The van der Waals surface area contributed by atoms with Gasteiger partial charge in [-0.3, -0.25) is 4.79 Å². The van der Waals surface area contributed by atoms with Crippen LogP contribution in [-0.4, -0.2) is 28.1 Å². The predicted octanol–water partition coefficient (Wildman–Crippen LogP) is 0.732. The van der Waals surface area contributed by atoms with E-state index >= 15 is 0 Å². The summed E-state index contributed by atoms with van der Waals surface area (Å²) in [6, 6.07) is 0. The topological polar surface area (TPSA) is 63.6 Å². The highest BCUT2D eigenvalue weighted by Gasteiger charge is 2.61. The van der Waals surface area contributed by atoms with Gasteiger partial charge in [-0.05, 0) is 19.8 Å². The molecule has 0 amide bonds. The maximum atomic E-state index is 11.5. The Morgan fingerprint density at radius 2 is 2.20 bits per heavy atom. The summed E-state index contributed by atoms with van der Waals surface area (Å²) >= 11 is 0. The molecule has 4 nitrogen and oxygen atoms in total. The van der Waals surface area contributed by atoms with Crippen molar-refractivity contribution in [2.24, 2.45) is 0 Å².